The zero-order valence-electron chi connectivity index (χ0n) is 21.9. The van der Waals surface area contributed by atoms with E-state index in [4.69, 9.17) is 19.0 Å². The van der Waals surface area contributed by atoms with Gasteiger partial charge in [-0.05, 0) is 0 Å². The number of aliphatic hydroxyl groups excluding tert-OH is 6. The molecule has 2 heterocycles. The van der Waals surface area contributed by atoms with Gasteiger partial charge in [0.25, 0.3) is 5.56 Å². The number of aromatic amines is 1. The van der Waals surface area contributed by atoms with Gasteiger partial charge in [0.15, 0.2) is 12.5 Å². The molecule has 0 radical (unpaired) electrons. The molecular weight excluding hydrogens is 588 g/mol. The maximum atomic E-state index is 12.9. The fourth-order valence-electron chi connectivity index (χ4n) is 2.96. The number of aliphatic hydroxyl groups is 6. The van der Waals surface area contributed by atoms with Crippen LogP contribution >= 0.6 is 15.6 Å². The molecule has 210 valence electrons. The number of hydrogen-bond acceptors (Lipinski definition) is 15. The molecule has 1 aliphatic rings. The molecule has 0 aromatic carbocycles. The smallest absolute Gasteiger partial charge is 1.00 e. The minimum Gasteiger partial charge on any atom is -1.00 e. The molecule has 1 saturated heterocycles. The van der Waals surface area contributed by atoms with Crippen LogP contribution in [0.3, 0.4) is 0 Å². The van der Waals surface area contributed by atoms with Gasteiger partial charge in [-0.3, -0.25) is 23.4 Å². The number of carbonyl (C=O) groups is 1. The van der Waals surface area contributed by atoms with Crippen LogP contribution in [0.25, 0.3) is 0 Å². The van der Waals surface area contributed by atoms with Crippen molar-refractivity contribution in [2.24, 2.45) is 0 Å². The van der Waals surface area contributed by atoms with Crippen LogP contribution in [0.1, 0.15) is 9.08 Å². The van der Waals surface area contributed by atoms with Crippen LogP contribution in [-0.2, 0) is 32.0 Å². The van der Waals surface area contributed by atoms with E-state index in [0.717, 1.165) is 12.3 Å². The fourth-order valence-corrected chi connectivity index (χ4v) is 5.26. The molecule has 38 heavy (non-hydrogen) atoms. The second-order valence-electron chi connectivity index (χ2n) is 7.31. The van der Waals surface area contributed by atoms with E-state index >= 15 is 0 Å². The third-order valence-electron chi connectivity index (χ3n) is 4.73. The molecule has 9 atom stereocenters. The van der Waals surface area contributed by atoms with E-state index in [1.54, 1.807) is 0 Å². The van der Waals surface area contributed by atoms with Crippen molar-refractivity contribution in [1.82, 2.24) is 9.55 Å². The maximum Gasteiger partial charge on any atom is 1.00 e. The molecule has 1 aromatic heterocycles. The summed E-state index contributed by atoms with van der Waals surface area (Å²) >= 11 is 0. The summed E-state index contributed by atoms with van der Waals surface area (Å²) < 4.78 is 43.5. The molecule has 1 fully saturated rings. The summed E-state index contributed by atoms with van der Waals surface area (Å²) in [5, 5.41) is 58.7. The molecule has 9 N–H and O–H groups in total. The number of aromatic nitrogens is 2. The van der Waals surface area contributed by atoms with Gasteiger partial charge in [0, 0.05) is 12.3 Å². The van der Waals surface area contributed by atoms with E-state index < -0.39 is 89.1 Å². The van der Waals surface area contributed by atoms with Gasteiger partial charge < -0.3 is 52.8 Å². The maximum absolute atomic E-state index is 12.9. The molecule has 2 rings (SSSR count). The molecular formula is C15H26N2Na2O17P2. The number of H-pyrrole nitrogens is 1. The Morgan fingerprint density at radius 1 is 1.13 bits per heavy atom. The van der Waals surface area contributed by atoms with Gasteiger partial charge in [-0.15, -0.1) is 0 Å². The Hall–Kier alpha value is 0.330. The third-order valence-corrected chi connectivity index (χ3v) is 7.38. The molecule has 0 saturated carbocycles. The summed E-state index contributed by atoms with van der Waals surface area (Å²) in [6.45, 7) is -2.40. The van der Waals surface area contributed by atoms with E-state index in [2.05, 4.69) is 8.83 Å². The first-order valence-corrected chi connectivity index (χ1v) is 12.7. The normalized spacial score (nSPS) is 26.2. The number of phosphoric ester groups is 1. The molecule has 1 aliphatic heterocycles. The second kappa shape index (κ2) is 16.1. The molecule has 0 bridgehead atoms. The Morgan fingerprint density at radius 2 is 1.74 bits per heavy atom. The largest absolute Gasteiger partial charge is 1.00 e. The predicted molar refractivity (Wildman–Crippen MR) is 112 cm³/mol. The monoisotopic (exact) mass is 614 g/mol. The average molecular weight is 614 g/mol. The Balaban J connectivity index is -0.00000342. The summed E-state index contributed by atoms with van der Waals surface area (Å²) in [5.41, 5.74) is -1.81. The zero-order chi connectivity index (χ0) is 27.4. The molecule has 19 nitrogen and oxygen atoms in total. The average Bonchev–Trinajstić information content (AvgIpc) is 3.07. The van der Waals surface area contributed by atoms with Crippen molar-refractivity contribution in [1.29, 1.82) is 0 Å². The third kappa shape index (κ3) is 10.3. The summed E-state index contributed by atoms with van der Waals surface area (Å²) in [6, 6.07) is 0.903. The van der Waals surface area contributed by atoms with Gasteiger partial charge >= 0.3 is 80.4 Å². The Kier molecular flexibility index (Phi) is 16.2. The first-order chi connectivity index (χ1) is 16.6. The Bertz CT molecular complexity index is 1120. The van der Waals surface area contributed by atoms with Crippen molar-refractivity contribution in [3.05, 3.63) is 33.1 Å². The van der Waals surface area contributed by atoms with Gasteiger partial charge in [0.05, 0.1) is 13.2 Å². The van der Waals surface area contributed by atoms with E-state index in [0.29, 0.717) is 4.57 Å². The Morgan fingerprint density at radius 3 is 2.24 bits per heavy atom. The molecule has 0 aliphatic carbocycles. The number of rotatable bonds is 13. The van der Waals surface area contributed by atoms with Crippen molar-refractivity contribution < 1.29 is 134 Å². The second-order valence-corrected chi connectivity index (χ2v) is 10.3. The van der Waals surface area contributed by atoms with Gasteiger partial charge in [0.1, 0.15) is 42.7 Å². The zero-order valence-corrected chi connectivity index (χ0v) is 25.6. The number of nitrogens with zero attached hydrogens (tertiary/aromatic N) is 1. The van der Waals surface area contributed by atoms with E-state index in [9.17, 15) is 54.2 Å². The van der Waals surface area contributed by atoms with Crippen LogP contribution in [0, 0.1) is 0 Å². The fraction of sp³-hybridized carbons (Fsp3) is 0.667. The standard InChI is InChI=1S/C15H24N2O17P2.2Na.2H/c18-3-6(20)10(22)11(23)7(4-19)33-36(30,34-35(27,28)29)31-5-8-12(24)13(25)14(32-8)17-2-1-9(21)16-15(17)26;;;;/h1-3,6-8,10-14,19-20,22-25H,4-5H2,(H,16,21,26)(H2,27,28,29);;;;/q;2*+1;2*-1/t6-,7+,8+,10+,11-,12+,13+,14+,36?;;;;/m0..../s1. The van der Waals surface area contributed by atoms with E-state index in [1.807, 2.05) is 4.98 Å². The number of hydrogen-bond donors (Lipinski definition) is 9. The van der Waals surface area contributed by atoms with Crippen LogP contribution in [-0.4, -0.2) is 112 Å². The molecule has 1 unspecified atom stereocenters. The van der Waals surface area contributed by atoms with E-state index in [1.165, 1.54) is 0 Å². The first kappa shape index (κ1) is 38.3. The first-order valence-electron chi connectivity index (χ1n) is 9.75. The van der Waals surface area contributed by atoms with Gasteiger partial charge in [-0.2, -0.15) is 4.31 Å². The summed E-state index contributed by atoms with van der Waals surface area (Å²) in [4.78, 5) is 53.7. The number of phosphoric acid groups is 2. The minimum absolute atomic E-state index is 0. The van der Waals surface area contributed by atoms with Crippen molar-refractivity contribution in [3.8, 4) is 0 Å². The molecule has 1 aromatic rings. The van der Waals surface area contributed by atoms with Crippen molar-refractivity contribution >= 4 is 21.9 Å². The number of nitrogens with one attached hydrogen (secondary N) is 1. The summed E-state index contributed by atoms with van der Waals surface area (Å²) in [5.74, 6) is 0. The van der Waals surface area contributed by atoms with Gasteiger partial charge in [-0.25, -0.2) is 13.9 Å². The number of ether oxygens (including phenoxy) is 1. The quantitative estimate of drug-likeness (QED) is 0.0566. The number of aldehydes is 1. The van der Waals surface area contributed by atoms with Crippen LogP contribution in [0.15, 0.2) is 21.9 Å². The van der Waals surface area contributed by atoms with Crippen molar-refractivity contribution in [3.63, 3.8) is 0 Å². The minimum atomic E-state index is -5.67. The molecule has 23 heteroatoms. The number of carbonyl (C=O) groups excluding carboxylic acids is 1. The SMILES string of the molecule is O=C[C@H](O)[C@@H](O)[C@@H](O)[C@@H](CO)OP(=O)(OC[C@H]1O[C@@H](n2ccc(=O)[nH]c2=O)[C@H](O)[C@@H]1O)OP(=O)(O)O.[H-].[H-].[Na+].[Na+]. The summed E-state index contributed by atoms with van der Waals surface area (Å²) in [7, 11) is -11.2. The van der Waals surface area contributed by atoms with E-state index in [-0.39, 0.29) is 68.3 Å². The van der Waals surface area contributed by atoms with Crippen LogP contribution in [0.5, 0.6) is 0 Å². The predicted octanol–water partition coefficient (Wildman–Crippen LogP) is -10.7. The van der Waals surface area contributed by atoms with Crippen LogP contribution < -0.4 is 70.4 Å². The van der Waals surface area contributed by atoms with Crippen LogP contribution in [0.2, 0.25) is 0 Å². The van der Waals surface area contributed by atoms with Crippen molar-refractivity contribution in [2.75, 3.05) is 13.2 Å². The summed E-state index contributed by atoms with van der Waals surface area (Å²) in [6.07, 6.45) is -15.3. The van der Waals surface area contributed by atoms with Gasteiger partial charge in [0.2, 0.25) is 0 Å². The van der Waals surface area contributed by atoms with Gasteiger partial charge in [-0.1, -0.05) is 0 Å². The topological polar surface area (TPSA) is 305 Å². The molecule has 0 amide bonds. The van der Waals surface area contributed by atoms with Crippen molar-refractivity contribution in [2.45, 2.75) is 49.0 Å². The Labute approximate surface area is 259 Å². The van der Waals surface area contributed by atoms with Crippen LogP contribution in [0.4, 0.5) is 0 Å². The molecule has 0 spiro atoms.